The number of para-hydroxylation sites is 1. The number of ether oxygens (including phenoxy) is 1. The van der Waals surface area contributed by atoms with Gasteiger partial charge < -0.3 is 9.64 Å². The third-order valence-corrected chi connectivity index (χ3v) is 3.30. The zero-order valence-electron chi connectivity index (χ0n) is 11.3. The summed E-state index contributed by atoms with van der Waals surface area (Å²) in [7, 11) is 1.75. The first-order valence-electron chi connectivity index (χ1n) is 6.56. The van der Waals surface area contributed by atoms with E-state index in [0.717, 1.165) is 5.75 Å². The number of benzene rings is 1. The van der Waals surface area contributed by atoms with Crippen molar-refractivity contribution in [2.45, 2.75) is 0 Å². The third-order valence-electron chi connectivity index (χ3n) is 3.30. The van der Waals surface area contributed by atoms with E-state index in [-0.39, 0.29) is 5.91 Å². The lowest BCUT2D eigenvalue weighted by atomic mass is 10.0. The van der Waals surface area contributed by atoms with Crippen LogP contribution in [0.4, 0.5) is 0 Å². The first-order valence-corrected chi connectivity index (χ1v) is 6.56. The Kier molecular flexibility index (Phi) is 3.37. The number of hydrogen-bond donors (Lipinski definition) is 0. The number of nitrogens with zero attached hydrogens (tertiary/aromatic N) is 4. The molecule has 0 spiro atoms. The normalized spacial score (nSPS) is 14.9. The van der Waals surface area contributed by atoms with E-state index in [2.05, 4.69) is 10.3 Å². The van der Waals surface area contributed by atoms with Crippen molar-refractivity contribution in [3.05, 3.63) is 42.2 Å². The molecule has 0 unspecified atom stereocenters. The van der Waals surface area contributed by atoms with E-state index in [1.54, 1.807) is 18.1 Å². The zero-order chi connectivity index (χ0) is 13.9. The van der Waals surface area contributed by atoms with Gasteiger partial charge in [0.1, 0.15) is 5.75 Å². The van der Waals surface area contributed by atoms with Crippen molar-refractivity contribution in [2.24, 2.45) is 13.0 Å². The van der Waals surface area contributed by atoms with Crippen molar-refractivity contribution in [1.29, 1.82) is 0 Å². The predicted octanol–water partition coefficient (Wildman–Crippen LogP) is 0.966. The van der Waals surface area contributed by atoms with Crippen LogP contribution < -0.4 is 4.74 Å². The smallest absolute Gasteiger partial charge is 0.276 e. The van der Waals surface area contributed by atoms with E-state index in [0.29, 0.717) is 31.3 Å². The number of aromatic nitrogens is 3. The summed E-state index contributed by atoms with van der Waals surface area (Å²) in [5, 5.41) is 7.60. The summed E-state index contributed by atoms with van der Waals surface area (Å²) in [6.45, 7) is 2.05. The van der Waals surface area contributed by atoms with Crippen molar-refractivity contribution in [2.75, 3.05) is 19.7 Å². The van der Waals surface area contributed by atoms with Gasteiger partial charge in [-0.1, -0.05) is 23.4 Å². The summed E-state index contributed by atoms with van der Waals surface area (Å²) >= 11 is 0. The Balaban J connectivity index is 1.46. The van der Waals surface area contributed by atoms with Gasteiger partial charge >= 0.3 is 0 Å². The quantitative estimate of drug-likeness (QED) is 0.832. The molecule has 1 fully saturated rings. The van der Waals surface area contributed by atoms with Crippen LogP contribution in [0.1, 0.15) is 10.5 Å². The Morgan fingerprint density at radius 3 is 2.75 bits per heavy atom. The number of likely N-dealkylation sites (tertiary alicyclic amines) is 1. The first kappa shape index (κ1) is 12.7. The van der Waals surface area contributed by atoms with Gasteiger partial charge in [-0.15, -0.1) is 5.10 Å². The summed E-state index contributed by atoms with van der Waals surface area (Å²) in [6, 6.07) is 9.71. The molecular formula is C14H16N4O2. The molecule has 1 aromatic carbocycles. The Hall–Kier alpha value is -2.37. The number of rotatable bonds is 4. The van der Waals surface area contributed by atoms with Crippen LogP contribution in [0.15, 0.2) is 36.5 Å². The van der Waals surface area contributed by atoms with Gasteiger partial charge in [-0.25, -0.2) is 0 Å². The molecular weight excluding hydrogens is 256 g/mol. The molecule has 3 rings (SSSR count). The van der Waals surface area contributed by atoms with E-state index in [4.69, 9.17) is 4.74 Å². The molecule has 0 radical (unpaired) electrons. The summed E-state index contributed by atoms with van der Waals surface area (Å²) in [5.41, 5.74) is 0.398. The largest absolute Gasteiger partial charge is 0.493 e. The lowest BCUT2D eigenvalue weighted by Crippen LogP contribution is -2.52. The molecule has 0 bridgehead atoms. The molecule has 1 saturated heterocycles. The van der Waals surface area contributed by atoms with Crippen LogP contribution in [0, 0.1) is 5.92 Å². The fourth-order valence-electron chi connectivity index (χ4n) is 2.18. The van der Waals surface area contributed by atoms with Crippen molar-refractivity contribution in [1.82, 2.24) is 19.9 Å². The van der Waals surface area contributed by atoms with E-state index in [1.807, 2.05) is 30.3 Å². The minimum absolute atomic E-state index is 0.0611. The number of hydrogen-bond acceptors (Lipinski definition) is 4. The minimum Gasteiger partial charge on any atom is -0.493 e. The van der Waals surface area contributed by atoms with Gasteiger partial charge in [0.2, 0.25) is 0 Å². The Bertz CT molecular complexity index is 590. The van der Waals surface area contributed by atoms with Gasteiger partial charge in [-0.05, 0) is 12.1 Å². The lowest BCUT2D eigenvalue weighted by molar-refractivity contribution is 0.0387. The molecule has 0 saturated carbocycles. The highest BCUT2D eigenvalue weighted by Crippen LogP contribution is 2.19. The van der Waals surface area contributed by atoms with Crippen LogP contribution in [0.3, 0.4) is 0 Å². The van der Waals surface area contributed by atoms with Crippen molar-refractivity contribution in [3.63, 3.8) is 0 Å². The molecule has 6 heteroatoms. The highest BCUT2D eigenvalue weighted by molar-refractivity contribution is 5.92. The molecule has 2 aromatic rings. The average Bonchev–Trinajstić information content (AvgIpc) is 2.84. The molecule has 0 N–H and O–H groups in total. The molecule has 1 aromatic heterocycles. The standard InChI is InChI=1S/C14H16N4O2/c1-17-9-13(15-16-17)14(19)18-7-11(8-18)10-20-12-5-3-2-4-6-12/h2-6,9,11H,7-8,10H2,1H3. The fraction of sp³-hybridized carbons (Fsp3) is 0.357. The minimum atomic E-state index is -0.0611. The lowest BCUT2D eigenvalue weighted by Gasteiger charge is -2.38. The van der Waals surface area contributed by atoms with Crippen LogP contribution in [0.5, 0.6) is 5.75 Å². The van der Waals surface area contributed by atoms with Crippen LogP contribution >= 0.6 is 0 Å². The molecule has 104 valence electrons. The van der Waals surface area contributed by atoms with Gasteiger partial charge in [0, 0.05) is 26.1 Å². The highest BCUT2D eigenvalue weighted by Gasteiger charge is 2.32. The summed E-state index contributed by atoms with van der Waals surface area (Å²) < 4.78 is 7.21. The second kappa shape index (κ2) is 5.32. The number of amides is 1. The van der Waals surface area contributed by atoms with Gasteiger partial charge in [-0.3, -0.25) is 9.48 Å². The van der Waals surface area contributed by atoms with E-state index < -0.39 is 0 Å². The number of aryl methyl sites for hydroxylation is 1. The maximum absolute atomic E-state index is 12.0. The van der Waals surface area contributed by atoms with Gasteiger partial charge in [-0.2, -0.15) is 0 Å². The van der Waals surface area contributed by atoms with Crippen LogP contribution in [0.2, 0.25) is 0 Å². The van der Waals surface area contributed by atoms with Crippen LogP contribution in [-0.2, 0) is 7.05 Å². The highest BCUT2D eigenvalue weighted by atomic mass is 16.5. The molecule has 0 aliphatic carbocycles. The summed E-state index contributed by atoms with van der Waals surface area (Å²) in [5.74, 6) is 1.19. The predicted molar refractivity (Wildman–Crippen MR) is 72.3 cm³/mol. The third kappa shape index (κ3) is 2.64. The van der Waals surface area contributed by atoms with E-state index in [1.165, 1.54) is 4.68 Å². The maximum Gasteiger partial charge on any atom is 0.276 e. The molecule has 1 aliphatic rings. The van der Waals surface area contributed by atoms with Crippen molar-refractivity contribution >= 4 is 5.91 Å². The molecule has 0 atom stereocenters. The Labute approximate surface area is 117 Å². The van der Waals surface area contributed by atoms with Crippen LogP contribution in [-0.4, -0.2) is 45.5 Å². The van der Waals surface area contributed by atoms with Crippen molar-refractivity contribution in [3.8, 4) is 5.75 Å². The van der Waals surface area contributed by atoms with Crippen molar-refractivity contribution < 1.29 is 9.53 Å². The fourth-order valence-corrected chi connectivity index (χ4v) is 2.18. The first-order chi connectivity index (χ1) is 9.72. The second-order valence-electron chi connectivity index (χ2n) is 4.98. The molecule has 1 amide bonds. The topological polar surface area (TPSA) is 60.2 Å². The molecule has 1 aliphatic heterocycles. The Morgan fingerprint density at radius 1 is 1.35 bits per heavy atom. The second-order valence-corrected chi connectivity index (χ2v) is 4.98. The van der Waals surface area contributed by atoms with Crippen LogP contribution in [0.25, 0.3) is 0 Å². The SMILES string of the molecule is Cn1cc(C(=O)N2CC(COc3ccccc3)C2)nn1. The zero-order valence-corrected chi connectivity index (χ0v) is 11.3. The number of carbonyl (C=O) groups is 1. The van der Waals surface area contributed by atoms with Gasteiger partial charge in [0.25, 0.3) is 5.91 Å². The summed E-state index contributed by atoms with van der Waals surface area (Å²) in [4.78, 5) is 13.8. The van der Waals surface area contributed by atoms with E-state index in [9.17, 15) is 4.79 Å². The number of carbonyl (C=O) groups excluding carboxylic acids is 1. The molecule has 20 heavy (non-hydrogen) atoms. The van der Waals surface area contributed by atoms with Gasteiger partial charge in [0.15, 0.2) is 5.69 Å². The molecule has 6 nitrogen and oxygen atoms in total. The summed E-state index contributed by atoms with van der Waals surface area (Å²) in [6.07, 6.45) is 1.64. The molecule has 2 heterocycles. The Morgan fingerprint density at radius 2 is 2.10 bits per heavy atom. The van der Waals surface area contributed by atoms with Gasteiger partial charge in [0.05, 0.1) is 12.8 Å². The maximum atomic E-state index is 12.0. The monoisotopic (exact) mass is 272 g/mol. The van der Waals surface area contributed by atoms with E-state index >= 15 is 0 Å². The average molecular weight is 272 g/mol.